The molecule has 0 heterocycles. The average Bonchev–Trinajstić information content (AvgIpc) is 2.36. The van der Waals surface area contributed by atoms with Crippen molar-refractivity contribution < 1.29 is 9.13 Å². The first kappa shape index (κ1) is 14.3. The van der Waals surface area contributed by atoms with E-state index in [0.717, 1.165) is 3.57 Å². The summed E-state index contributed by atoms with van der Waals surface area (Å²) in [7, 11) is 0. The quantitative estimate of drug-likeness (QED) is 0.804. The summed E-state index contributed by atoms with van der Waals surface area (Å²) in [4.78, 5) is 0. The van der Waals surface area contributed by atoms with Crippen molar-refractivity contribution in [1.29, 1.82) is 0 Å². The Labute approximate surface area is 125 Å². The fourth-order valence-corrected chi connectivity index (χ4v) is 2.10. The molecule has 0 saturated heterocycles. The molecule has 2 N–H and O–H groups in total. The monoisotopic (exact) mass is 371 g/mol. The molecule has 0 aliphatic carbocycles. The first-order valence-corrected chi connectivity index (χ1v) is 7.04. The number of nitrogens with two attached hydrogens (primary N) is 1. The van der Waals surface area contributed by atoms with Crippen LogP contribution >= 0.6 is 22.6 Å². The lowest BCUT2D eigenvalue weighted by Crippen LogP contribution is -2.08. The van der Waals surface area contributed by atoms with Crippen LogP contribution in [-0.2, 0) is 0 Å². The molecule has 19 heavy (non-hydrogen) atoms. The van der Waals surface area contributed by atoms with E-state index in [1.807, 2.05) is 31.2 Å². The summed E-state index contributed by atoms with van der Waals surface area (Å²) in [6.07, 6.45) is 0. The second kappa shape index (κ2) is 5.88. The number of rotatable bonds is 3. The van der Waals surface area contributed by atoms with Gasteiger partial charge in [-0.2, -0.15) is 0 Å². The third-order valence-corrected chi connectivity index (χ3v) is 3.54. The normalized spacial score (nSPS) is 12.3. The van der Waals surface area contributed by atoms with Gasteiger partial charge in [0, 0.05) is 15.2 Å². The molecule has 0 fully saturated rings. The Morgan fingerprint density at radius 1 is 1.21 bits per heavy atom. The number of ether oxygens (including phenoxy) is 1. The standard InChI is InChI=1S/C15H15FINO/c1-9-7-15(13(10(2)18)8-14(9)16)19-12-5-3-11(17)4-6-12/h3-8,10H,18H2,1-2H3/t10-/m0/s1. The van der Waals surface area contributed by atoms with Crippen LogP contribution in [0.5, 0.6) is 11.5 Å². The van der Waals surface area contributed by atoms with Gasteiger partial charge in [-0.3, -0.25) is 0 Å². The maximum absolute atomic E-state index is 13.6. The molecule has 0 aliphatic heterocycles. The second-order valence-corrected chi connectivity index (χ2v) is 5.73. The predicted octanol–water partition coefficient (Wildman–Crippen LogP) is 4.55. The topological polar surface area (TPSA) is 35.2 Å². The van der Waals surface area contributed by atoms with Gasteiger partial charge in [-0.25, -0.2) is 4.39 Å². The van der Waals surface area contributed by atoms with E-state index in [9.17, 15) is 4.39 Å². The van der Waals surface area contributed by atoms with Gasteiger partial charge in [-0.05, 0) is 78.4 Å². The fourth-order valence-electron chi connectivity index (χ4n) is 1.74. The summed E-state index contributed by atoms with van der Waals surface area (Å²) in [5.41, 5.74) is 7.08. The van der Waals surface area contributed by atoms with Crippen molar-refractivity contribution in [3.63, 3.8) is 0 Å². The molecule has 2 rings (SSSR count). The van der Waals surface area contributed by atoms with E-state index >= 15 is 0 Å². The van der Waals surface area contributed by atoms with Gasteiger partial charge >= 0.3 is 0 Å². The molecule has 0 aromatic heterocycles. The lowest BCUT2D eigenvalue weighted by molar-refractivity contribution is 0.468. The van der Waals surface area contributed by atoms with Crippen molar-refractivity contribution in [2.45, 2.75) is 19.9 Å². The van der Waals surface area contributed by atoms with Gasteiger partial charge in [0.2, 0.25) is 0 Å². The van der Waals surface area contributed by atoms with Crippen molar-refractivity contribution in [1.82, 2.24) is 0 Å². The fraction of sp³-hybridized carbons (Fsp3) is 0.200. The second-order valence-electron chi connectivity index (χ2n) is 4.48. The Morgan fingerprint density at radius 3 is 2.42 bits per heavy atom. The molecule has 0 saturated carbocycles. The molecule has 2 nitrogen and oxygen atoms in total. The molecule has 100 valence electrons. The Balaban J connectivity index is 2.38. The smallest absolute Gasteiger partial charge is 0.132 e. The van der Waals surface area contributed by atoms with E-state index < -0.39 is 0 Å². The number of halogens is 2. The summed E-state index contributed by atoms with van der Waals surface area (Å²) in [5, 5.41) is 0. The largest absolute Gasteiger partial charge is 0.457 e. The van der Waals surface area contributed by atoms with Crippen LogP contribution in [0.1, 0.15) is 24.1 Å². The van der Waals surface area contributed by atoms with Gasteiger partial charge < -0.3 is 10.5 Å². The van der Waals surface area contributed by atoms with Crippen molar-refractivity contribution in [2.24, 2.45) is 5.73 Å². The summed E-state index contributed by atoms with van der Waals surface area (Å²) < 4.78 is 20.5. The van der Waals surface area contributed by atoms with Gasteiger partial charge in [-0.15, -0.1) is 0 Å². The first-order valence-electron chi connectivity index (χ1n) is 5.96. The number of hydrogen-bond donors (Lipinski definition) is 1. The van der Waals surface area contributed by atoms with Crippen molar-refractivity contribution in [3.05, 3.63) is 56.9 Å². The van der Waals surface area contributed by atoms with Crippen LogP contribution in [0.25, 0.3) is 0 Å². The van der Waals surface area contributed by atoms with Gasteiger partial charge in [0.15, 0.2) is 0 Å². The highest BCUT2D eigenvalue weighted by atomic mass is 127. The first-order chi connectivity index (χ1) is 8.97. The molecule has 0 amide bonds. The average molecular weight is 371 g/mol. The molecular weight excluding hydrogens is 356 g/mol. The third-order valence-electron chi connectivity index (χ3n) is 2.82. The zero-order valence-corrected chi connectivity index (χ0v) is 12.9. The molecule has 1 atom stereocenters. The van der Waals surface area contributed by atoms with E-state index in [-0.39, 0.29) is 11.9 Å². The Hall–Kier alpha value is -1.14. The van der Waals surface area contributed by atoms with E-state index in [0.29, 0.717) is 22.6 Å². The maximum Gasteiger partial charge on any atom is 0.132 e. The minimum absolute atomic E-state index is 0.262. The summed E-state index contributed by atoms with van der Waals surface area (Å²) in [6, 6.07) is 10.5. The van der Waals surface area contributed by atoms with Crippen LogP contribution in [0.4, 0.5) is 4.39 Å². The third kappa shape index (κ3) is 3.45. The number of hydrogen-bond acceptors (Lipinski definition) is 2. The van der Waals surface area contributed by atoms with Crippen LogP contribution in [0.2, 0.25) is 0 Å². The highest BCUT2D eigenvalue weighted by Crippen LogP contribution is 2.31. The predicted molar refractivity (Wildman–Crippen MR) is 83.0 cm³/mol. The van der Waals surface area contributed by atoms with Crippen LogP contribution < -0.4 is 10.5 Å². The molecule has 0 bridgehead atoms. The van der Waals surface area contributed by atoms with Crippen LogP contribution in [0.15, 0.2) is 36.4 Å². The minimum atomic E-state index is -0.283. The minimum Gasteiger partial charge on any atom is -0.457 e. The zero-order valence-electron chi connectivity index (χ0n) is 10.8. The van der Waals surface area contributed by atoms with Crippen LogP contribution in [-0.4, -0.2) is 0 Å². The maximum atomic E-state index is 13.6. The molecule has 2 aromatic rings. The van der Waals surface area contributed by atoms with Crippen LogP contribution in [0, 0.1) is 16.3 Å². The van der Waals surface area contributed by atoms with Crippen molar-refractivity contribution >= 4 is 22.6 Å². The Bertz CT molecular complexity index is 581. The highest BCUT2D eigenvalue weighted by Gasteiger charge is 2.12. The Kier molecular flexibility index (Phi) is 4.42. The summed E-state index contributed by atoms with van der Waals surface area (Å²) in [6.45, 7) is 3.52. The highest BCUT2D eigenvalue weighted by molar-refractivity contribution is 14.1. The van der Waals surface area contributed by atoms with Gasteiger partial charge in [0.1, 0.15) is 17.3 Å². The molecule has 0 aliphatic rings. The van der Waals surface area contributed by atoms with Crippen molar-refractivity contribution in [2.75, 3.05) is 0 Å². The molecule has 4 heteroatoms. The summed E-state index contributed by atoms with van der Waals surface area (Å²) in [5.74, 6) is 1.06. The van der Waals surface area contributed by atoms with E-state index in [1.165, 1.54) is 6.07 Å². The number of benzene rings is 2. The molecule has 2 aromatic carbocycles. The van der Waals surface area contributed by atoms with Gasteiger partial charge in [0.05, 0.1) is 0 Å². The zero-order chi connectivity index (χ0) is 14.0. The SMILES string of the molecule is Cc1cc(Oc2ccc(I)cc2)c([C@H](C)N)cc1F. The van der Waals surface area contributed by atoms with Crippen LogP contribution in [0.3, 0.4) is 0 Å². The van der Waals surface area contributed by atoms with E-state index in [4.69, 9.17) is 10.5 Å². The number of aryl methyl sites for hydroxylation is 1. The molecule has 0 unspecified atom stereocenters. The molecular formula is C15H15FINO. The Morgan fingerprint density at radius 2 is 1.84 bits per heavy atom. The summed E-state index contributed by atoms with van der Waals surface area (Å²) >= 11 is 2.23. The van der Waals surface area contributed by atoms with Gasteiger partial charge in [0.25, 0.3) is 0 Å². The lowest BCUT2D eigenvalue weighted by Gasteiger charge is -2.15. The van der Waals surface area contributed by atoms with E-state index in [1.54, 1.807) is 13.0 Å². The van der Waals surface area contributed by atoms with E-state index in [2.05, 4.69) is 22.6 Å². The van der Waals surface area contributed by atoms with Crippen molar-refractivity contribution in [3.8, 4) is 11.5 Å². The van der Waals surface area contributed by atoms with Gasteiger partial charge in [-0.1, -0.05) is 0 Å². The lowest BCUT2D eigenvalue weighted by atomic mass is 10.1. The molecule has 0 radical (unpaired) electrons. The molecule has 0 spiro atoms.